The molecule has 0 fully saturated rings. The molecule has 0 unspecified atom stereocenters. The first-order valence-electron chi connectivity index (χ1n) is 8.35. The average molecular weight is 357 g/mol. The van der Waals surface area contributed by atoms with Gasteiger partial charge in [-0.1, -0.05) is 23.7 Å². The van der Waals surface area contributed by atoms with Gasteiger partial charge in [0, 0.05) is 29.0 Å². The molecule has 0 radical (unpaired) electrons. The summed E-state index contributed by atoms with van der Waals surface area (Å²) < 4.78 is 2.02. The summed E-state index contributed by atoms with van der Waals surface area (Å²) in [5, 5.41) is 14.0. The van der Waals surface area contributed by atoms with Crippen LogP contribution in [-0.2, 0) is 13.0 Å². The standard InChI is InChI=1S/C20H21ClN2O2/c1-3-23-18-9-6-15(21)12-17(18)13(2)19(23)20(25)22-11-10-14-4-7-16(24)8-5-14/h4-9,12,24H,3,10-11H2,1-2H3,(H,22,25). The van der Waals surface area contributed by atoms with Gasteiger partial charge >= 0.3 is 0 Å². The van der Waals surface area contributed by atoms with Gasteiger partial charge in [-0.2, -0.15) is 0 Å². The second-order valence-electron chi connectivity index (χ2n) is 6.05. The minimum atomic E-state index is -0.0783. The largest absolute Gasteiger partial charge is 0.508 e. The van der Waals surface area contributed by atoms with Crippen molar-refractivity contribution in [3.8, 4) is 5.75 Å². The van der Waals surface area contributed by atoms with E-state index >= 15 is 0 Å². The third-order valence-electron chi connectivity index (χ3n) is 4.45. The smallest absolute Gasteiger partial charge is 0.268 e. The molecule has 3 rings (SSSR count). The molecule has 25 heavy (non-hydrogen) atoms. The molecule has 0 atom stereocenters. The van der Waals surface area contributed by atoms with Crippen molar-refractivity contribution >= 4 is 28.4 Å². The molecule has 0 aliphatic carbocycles. The van der Waals surface area contributed by atoms with Gasteiger partial charge in [0.1, 0.15) is 11.4 Å². The number of carbonyl (C=O) groups is 1. The van der Waals surface area contributed by atoms with Crippen molar-refractivity contribution in [2.75, 3.05) is 6.54 Å². The fraction of sp³-hybridized carbons (Fsp3) is 0.250. The highest BCUT2D eigenvalue weighted by atomic mass is 35.5. The normalized spacial score (nSPS) is 11.0. The molecule has 1 heterocycles. The van der Waals surface area contributed by atoms with Crippen LogP contribution in [0.3, 0.4) is 0 Å². The quantitative estimate of drug-likeness (QED) is 0.716. The van der Waals surface area contributed by atoms with Gasteiger partial charge in [0.25, 0.3) is 5.91 Å². The Kier molecular flexibility index (Phi) is 5.00. The third kappa shape index (κ3) is 3.49. The van der Waals surface area contributed by atoms with Crippen molar-refractivity contribution in [1.82, 2.24) is 9.88 Å². The van der Waals surface area contributed by atoms with E-state index in [-0.39, 0.29) is 11.7 Å². The van der Waals surface area contributed by atoms with E-state index < -0.39 is 0 Å². The SMILES string of the molecule is CCn1c(C(=O)NCCc2ccc(O)cc2)c(C)c2cc(Cl)ccc21. The number of phenolic OH excluding ortho intramolecular Hbond substituents is 1. The summed E-state index contributed by atoms with van der Waals surface area (Å²) in [6.07, 6.45) is 0.712. The van der Waals surface area contributed by atoms with E-state index in [1.807, 2.05) is 48.7 Å². The topological polar surface area (TPSA) is 54.3 Å². The van der Waals surface area contributed by atoms with E-state index in [0.29, 0.717) is 30.2 Å². The van der Waals surface area contributed by atoms with E-state index in [4.69, 9.17) is 11.6 Å². The Labute approximate surface area is 152 Å². The Morgan fingerprint density at radius 1 is 1.20 bits per heavy atom. The number of amides is 1. The summed E-state index contributed by atoms with van der Waals surface area (Å²) in [4.78, 5) is 12.7. The summed E-state index contributed by atoms with van der Waals surface area (Å²) in [7, 11) is 0. The van der Waals surface area contributed by atoms with Crippen molar-refractivity contribution in [1.29, 1.82) is 0 Å². The van der Waals surface area contributed by atoms with Crippen molar-refractivity contribution in [2.45, 2.75) is 26.8 Å². The van der Waals surface area contributed by atoms with Crippen LogP contribution in [0.1, 0.15) is 28.5 Å². The molecule has 1 aromatic heterocycles. The lowest BCUT2D eigenvalue weighted by Gasteiger charge is -2.10. The molecule has 0 saturated heterocycles. The lowest BCUT2D eigenvalue weighted by molar-refractivity contribution is 0.0945. The first kappa shape index (κ1) is 17.4. The highest BCUT2D eigenvalue weighted by Gasteiger charge is 2.19. The molecule has 0 saturated carbocycles. The average Bonchev–Trinajstić information content (AvgIpc) is 2.88. The summed E-state index contributed by atoms with van der Waals surface area (Å²) in [5.41, 5.74) is 3.72. The Morgan fingerprint density at radius 3 is 2.60 bits per heavy atom. The number of benzene rings is 2. The van der Waals surface area contributed by atoms with Gasteiger partial charge in [-0.05, 0) is 61.7 Å². The summed E-state index contributed by atoms with van der Waals surface area (Å²) in [6.45, 7) is 5.24. The van der Waals surface area contributed by atoms with Crippen LogP contribution in [0.5, 0.6) is 5.75 Å². The maximum Gasteiger partial charge on any atom is 0.268 e. The molecule has 2 N–H and O–H groups in total. The van der Waals surface area contributed by atoms with Gasteiger partial charge in [0.15, 0.2) is 0 Å². The number of phenols is 1. The van der Waals surface area contributed by atoms with Crippen LogP contribution in [0.25, 0.3) is 10.9 Å². The highest BCUT2D eigenvalue weighted by Crippen LogP contribution is 2.28. The summed E-state index contributed by atoms with van der Waals surface area (Å²) in [6, 6.07) is 12.7. The fourth-order valence-electron chi connectivity index (χ4n) is 3.18. The van der Waals surface area contributed by atoms with Crippen LogP contribution in [0.4, 0.5) is 0 Å². The van der Waals surface area contributed by atoms with E-state index in [9.17, 15) is 9.90 Å². The predicted octanol–water partition coefficient (Wildman–Crippen LogP) is 4.30. The minimum absolute atomic E-state index is 0.0783. The van der Waals surface area contributed by atoms with Gasteiger partial charge in [-0.25, -0.2) is 0 Å². The summed E-state index contributed by atoms with van der Waals surface area (Å²) >= 11 is 6.11. The van der Waals surface area contributed by atoms with Gasteiger partial charge in [-0.3, -0.25) is 4.79 Å². The second kappa shape index (κ2) is 7.19. The number of aryl methyl sites for hydroxylation is 2. The van der Waals surface area contributed by atoms with Crippen LogP contribution < -0.4 is 5.32 Å². The molecule has 3 aromatic rings. The second-order valence-corrected chi connectivity index (χ2v) is 6.49. The molecule has 1 amide bonds. The predicted molar refractivity (Wildman–Crippen MR) is 102 cm³/mol. The maximum atomic E-state index is 12.7. The zero-order valence-corrected chi connectivity index (χ0v) is 15.1. The van der Waals surface area contributed by atoms with Gasteiger partial charge in [0.05, 0.1) is 0 Å². The Morgan fingerprint density at radius 2 is 1.92 bits per heavy atom. The zero-order valence-electron chi connectivity index (χ0n) is 14.3. The summed E-state index contributed by atoms with van der Waals surface area (Å²) in [5.74, 6) is 0.167. The number of halogens is 1. The Hall–Kier alpha value is -2.46. The number of carbonyl (C=O) groups excluding carboxylic acids is 1. The van der Waals surface area contributed by atoms with Crippen LogP contribution in [0, 0.1) is 6.92 Å². The molecule has 2 aromatic carbocycles. The molecule has 4 nitrogen and oxygen atoms in total. The number of aromatic nitrogens is 1. The first-order valence-corrected chi connectivity index (χ1v) is 8.73. The van der Waals surface area contributed by atoms with Crippen LogP contribution in [0.15, 0.2) is 42.5 Å². The van der Waals surface area contributed by atoms with Gasteiger partial charge < -0.3 is 15.0 Å². The van der Waals surface area contributed by atoms with E-state index in [2.05, 4.69) is 5.32 Å². The Bertz CT molecular complexity index is 914. The molecule has 0 aliphatic rings. The number of aromatic hydroxyl groups is 1. The van der Waals surface area contributed by atoms with Gasteiger partial charge in [-0.15, -0.1) is 0 Å². The third-order valence-corrected chi connectivity index (χ3v) is 4.68. The number of hydrogen-bond donors (Lipinski definition) is 2. The van der Waals surface area contributed by atoms with Gasteiger partial charge in [0.2, 0.25) is 0 Å². The highest BCUT2D eigenvalue weighted by molar-refractivity contribution is 6.31. The zero-order chi connectivity index (χ0) is 18.0. The minimum Gasteiger partial charge on any atom is -0.508 e. The van der Waals surface area contributed by atoms with E-state index in [1.165, 1.54) is 0 Å². The Balaban J connectivity index is 1.79. The van der Waals surface area contributed by atoms with E-state index in [1.54, 1.807) is 12.1 Å². The number of fused-ring (bicyclic) bond motifs is 1. The fourth-order valence-corrected chi connectivity index (χ4v) is 3.35. The lowest BCUT2D eigenvalue weighted by Crippen LogP contribution is -2.28. The number of nitrogens with one attached hydrogen (secondary N) is 1. The number of nitrogens with zero attached hydrogens (tertiary/aromatic N) is 1. The molecule has 0 aliphatic heterocycles. The maximum absolute atomic E-state index is 12.7. The molecule has 5 heteroatoms. The molecule has 0 bridgehead atoms. The number of rotatable bonds is 5. The number of hydrogen-bond acceptors (Lipinski definition) is 2. The molecular weight excluding hydrogens is 336 g/mol. The van der Waals surface area contributed by atoms with Crippen molar-refractivity contribution in [3.05, 3.63) is 64.3 Å². The van der Waals surface area contributed by atoms with E-state index in [0.717, 1.165) is 22.0 Å². The van der Waals surface area contributed by atoms with Crippen molar-refractivity contribution in [2.24, 2.45) is 0 Å². The van der Waals surface area contributed by atoms with Crippen LogP contribution >= 0.6 is 11.6 Å². The van der Waals surface area contributed by atoms with Crippen molar-refractivity contribution < 1.29 is 9.90 Å². The first-order chi connectivity index (χ1) is 12.0. The molecular formula is C20H21ClN2O2. The van der Waals surface area contributed by atoms with Crippen LogP contribution in [-0.4, -0.2) is 22.1 Å². The van der Waals surface area contributed by atoms with Crippen LogP contribution in [0.2, 0.25) is 5.02 Å². The molecule has 0 spiro atoms. The monoisotopic (exact) mass is 356 g/mol. The molecule has 130 valence electrons. The van der Waals surface area contributed by atoms with Crippen molar-refractivity contribution in [3.63, 3.8) is 0 Å². The lowest BCUT2D eigenvalue weighted by atomic mass is 10.1.